The van der Waals surface area contributed by atoms with Gasteiger partial charge in [-0.3, -0.25) is 14.4 Å². The largest absolute Gasteiger partial charge is 0.463 e. The molecule has 316 valence electrons. The number of carbonyl (C=O) groups is 5. The van der Waals surface area contributed by atoms with Crippen LogP contribution in [0.2, 0.25) is 0 Å². The number of ketones is 1. The van der Waals surface area contributed by atoms with Crippen molar-refractivity contribution in [1.82, 2.24) is 0 Å². The number of esters is 4. The van der Waals surface area contributed by atoms with Gasteiger partial charge in [0.1, 0.15) is 36.8 Å². The van der Waals surface area contributed by atoms with Crippen LogP contribution in [0, 0.1) is 0 Å². The van der Waals surface area contributed by atoms with Crippen molar-refractivity contribution in [2.45, 2.75) is 166 Å². The van der Waals surface area contributed by atoms with Crippen molar-refractivity contribution in [3.63, 3.8) is 0 Å². The first-order valence-electron chi connectivity index (χ1n) is 19.9. The summed E-state index contributed by atoms with van der Waals surface area (Å²) in [5.74, 6) is -3.24. The molecule has 11 atom stereocenters. The monoisotopic (exact) mass is 802 g/mol. The normalized spacial score (nSPS) is 32.7. The van der Waals surface area contributed by atoms with Gasteiger partial charge in [0.2, 0.25) is 0 Å². The molecule has 0 spiro atoms. The van der Waals surface area contributed by atoms with Crippen LogP contribution in [0.3, 0.4) is 0 Å². The smallest absolute Gasteiger partial charge is 0.333 e. The van der Waals surface area contributed by atoms with Crippen molar-refractivity contribution in [2.24, 2.45) is 0 Å². The van der Waals surface area contributed by atoms with Crippen LogP contribution in [-0.4, -0.2) is 114 Å². The number of benzene rings is 1. The fraction of sp³-hybridized carbons (Fsp3) is 0.643. The number of carbonyl (C=O) groups excluding carboxylic acids is 5. The average Bonchev–Trinajstić information content (AvgIpc) is 3.18. The molecule has 0 aliphatic carbocycles. The summed E-state index contributed by atoms with van der Waals surface area (Å²) >= 11 is 0. The van der Waals surface area contributed by atoms with E-state index in [2.05, 4.69) is 0 Å². The fourth-order valence-electron chi connectivity index (χ4n) is 6.87. The highest BCUT2D eigenvalue weighted by Gasteiger charge is 2.55. The molecule has 15 nitrogen and oxygen atoms in total. The molecular formula is C42H58O15. The molecule has 2 bridgehead atoms. The highest BCUT2D eigenvalue weighted by molar-refractivity contribution is 5.88. The lowest BCUT2D eigenvalue weighted by Gasteiger charge is -2.47. The van der Waals surface area contributed by atoms with E-state index < -0.39 is 91.9 Å². The predicted octanol–water partition coefficient (Wildman–Crippen LogP) is 4.43. The van der Waals surface area contributed by atoms with E-state index >= 15 is 0 Å². The van der Waals surface area contributed by atoms with Gasteiger partial charge in [-0.15, -0.1) is 0 Å². The van der Waals surface area contributed by atoms with Gasteiger partial charge in [-0.25, -0.2) is 9.59 Å². The standard InChI is InChI=1S/C42H58O15/c1-6-15-30-19-14-9-8-13-18-29(44)21-23-32(45)50-24-31-37(55-33(46)22-20-28-16-11-10-12-17-28)38(56-40(49)25(3)7-2)35(48)41(54-31)57-39-34(47)36(52-27(5)43)26(4)51-42(39)53-30/h7,10-12,16-17,20,22,26,30-31,34-39,41-42,47-48H,6,8-9,13-15,18-19,21,23-24H2,1-5H3/b22-20+,25-7+/t26-,30+,31-,34+,35-,36+,37+,38-,39-,41+,42+/m1/s1. The third-order valence-electron chi connectivity index (χ3n) is 10.1. The highest BCUT2D eigenvalue weighted by atomic mass is 16.8. The summed E-state index contributed by atoms with van der Waals surface area (Å²) in [4.78, 5) is 64.2. The number of aliphatic hydroxyl groups is 2. The number of cyclic esters (lactones) is 1. The predicted molar refractivity (Wildman–Crippen MR) is 203 cm³/mol. The molecule has 3 aliphatic heterocycles. The van der Waals surface area contributed by atoms with Gasteiger partial charge in [0.25, 0.3) is 0 Å². The second-order valence-electron chi connectivity index (χ2n) is 14.6. The van der Waals surface area contributed by atoms with E-state index in [0.29, 0.717) is 31.2 Å². The van der Waals surface area contributed by atoms with Crippen molar-refractivity contribution in [3.8, 4) is 0 Å². The fourth-order valence-corrected chi connectivity index (χ4v) is 6.87. The first kappa shape index (κ1) is 45.7. The van der Waals surface area contributed by atoms with E-state index in [1.54, 1.807) is 38.1 Å². The lowest BCUT2D eigenvalue weighted by atomic mass is 9.96. The zero-order valence-corrected chi connectivity index (χ0v) is 33.4. The number of ether oxygens (including phenoxy) is 8. The third kappa shape index (κ3) is 13.8. The van der Waals surface area contributed by atoms with Crippen molar-refractivity contribution in [3.05, 3.63) is 53.6 Å². The number of hydrogen-bond acceptors (Lipinski definition) is 15. The highest BCUT2D eigenvalue weighted by Crippen LogP contribution is 2.34. The number of fused-ring (bicyclic) bond motifs is 3. The molecule has 0 aromatic heterocycles. The Kier molecular flexibility index (Phi) is 18.3. The summed E-state index contributed by atoms with van der Waals surface area (Å²) in [6.45, 7) is 7.34. The molecule has 1 aromatic carbocycles. The maximum atomic E-state index is 13.3. The number of allylic oxidation sites excluding steroid dienone is 1. The second kappa shape index (κ2) is 22.8. The molecular weight excluding hydrogens is 744 g/mol. The maximum absolute atomic E-state index is 13.3. The third-order valence-corrected chi connectivity index (χ3v) is 10.1. The summed E-state index contributed by atoms with van der Waals surface area (Å²) in [6.07, 6.45) is -5.55. The summed E-state index contributed by atoms with van der Waals surface area (Å²) in [5, 5.41) is 23.6. The summed E-state index contributed by atoms with van der Waals surface area (Å²) in [7, 11) is 0. The summed E-state index contributed by atoms with van der Waals surface area (Å²) in [6, 6.07) is 8.91. The Labute approximate surface area is 333 Å². The molecule has 0 amide bonds. The molecule has 57 heavy (non-hydrogen) atoms. The van der Waals surface area contributed by atoms with Crippen molar-refractivity contribution >= 4 is 35.7 Å². The first-order chi connectivity index (χ1) is 27.3. The Morgan fingerprint density at radius 1 is 0.825 bits per heavy atom. The van der Waals surface area contributed by atoms with Crippen molar-refractivity contribution in [2.75, 3.05) is 6.61 Å². The second-order valence-corrected chi connectivity index (χ2v) is 14.6. The average molecular weight is 803 g/mol. The molecule has 2 N–H and O–H groups in total. The van der Waals surface area contributed by atoms with Crippen LogP contribution in [-0.2, 0) is 61.9 Å². The Bertz CT molecular complexity index is 1540. The molecule has 0 unspecified atom stereocenters. The van der Waals surface area contributed by atoms with Crippen LogP contribution in [0.25, 0.3) is 6.08 Å². The number of rotatable bonds is 8. The van der Waals surface area contributed by atoms with Crippen LogP contribution >= 0.6 is 0 Å². The quantitative estimate of drug-likeness (QED) is 0.212. The zero-order chi connectivity index (χ0) is 41.5. The molecule has 3 heterocycles. The van der Waals surface area contributed by atoms with Gasteiger partial charge in [-0.05, 0) is 51.7 Å². The van der Waals surface area contributed by atoms with Gasteiger partial charge in [0.05, 0.1) is 18.6 Å². The minimum Gasteiger partial charge on any atom is -0.463 e. The molecule has 0 saturated carbocycles. The van der Waals surface area contributed by atoms with Crippen LogP contribution in [0.5, 0.6) is 0 Å². The molecule has 3 fully saturated rings. The lowest BCUT2D eigenvalue weighted by Crippen LogP contribution is -2.65. The number of hydrogen-bond donors (Lipinski definition) is 2. The van der Waals surface area contributed by atoms with E-state index in [1.165, 1.54) is 26.0 Å². The minimum atomic E-state index is -1.87. The Morgan fingerprint density at radius 3 is 2.26 bits per heavy atom. The van der Waals surface area contributed by atoms with Crippen LogP contribution in [0.15, 0.2) is 48.1 Å². The minimum absolute atomic E-state index is 0.0321. The molecule has 0 radical (unpaired) electrons. The summed E-state index contributed by atoms with van der Waals surface area (Å²) < 4.78 is 47.7. The zero-order valence-electron chi connectivity index (χ0n) is 33.4. The Balaban J connectivity index is 1.74. The van der Waals surface area contributed by atoms with E-state index in [9.17, 15) is 34.2 Å². The maximum Gasteiger partial charge on any atom is 0.333 e. The van der Waals surface area contributed by atoms with Crippen LogP contribution in [0.4, 0.5) is 0 Å². The van der Waals surface area contributed by atoms with E-state index in [4.69, 9.17) is 37.9 Å². The molecule has 4 rings (SSSR count). The summed E-state index contributed by atoms with van der Waals surface area (Å²) in [5.41, 5.74) is 0.860. The van der Waals surface area contributed by atoms with Gasteiger partial charge < -0.3 is 48.1 Å². The van der Waals surface area contributed by atoms with Crippen molar-refractivity contribution in [1.29, 1.82) is 0 Å². The van der Waals surface area contributed by atoms with Crippen LogP contribution in [0.1, 0.15) is 104 Å². The van der Waals surface area contributed by atoms with E-state index in [0.717, 1.165) is 31.8 Å². The Hall–Kier alpha value is -3.99. The van der Waals surface area contributed by atoms with Gasteiger partial charge in [-0.1, -0.05) is 69.0 Å². The van der Waals surface area contributed by atoms with Gasteiger partial charge in [0.15, 0.2) is 30.9 Å². The van der Waals surface area contributed by atoms with Gasteiger partial charge >= 0.3 is 23.9 Å². The van der Waals surface area contributed by atoms with Crippen molar-refractivity contribution < 1.29 is 72.1 Å². The molecule has 15 heteroatoms. The van der Waals surface area contributed by atoms with E-state index in [-0.39, 0.29) is 30.3 Å². The van der Waals surface area contributed by atoms with Gasteiger partial charge in [-0.2, -0.15) is 0 Å². The lowest BCUT2D eigenvalue weighted by molar-refractivity contribution is -0.369. The SMILES string of the molecule is C/C=C(\C)C(=O)O[C@@H]1[C@@H](O)[C@@H]2O[C@H]3[C@H](O[C@@H](CCC)CCCCCCC(=O)CCC(=O)OC[C@@H](O2)[C@@H]1OC(=O)/C=C/c1ccccc1)O[C@H](C)[C@H](OC(C)=O)[C@@H]3O. The topological polar surface area (TPSA) is 200 Å². The Morgan fingerprint density at radius 2 is 1.56 bits per heavy atom. The van der Waals surface area contributed by atoms with Gasteiger partial charge in [0, 0.05) is 31.4 Å². The van der Waals surface area contributed by atoms with E-state index in [1.807, 2.05) is 13.0 Å². The van der Waals surface area contributed by atoms with Crippen LogP contribution < -0.4 is 0 Å². The first-order valence-corrected chi connectivity index (χ1v) is 19.9. The number of aliphatic hydroxyl groups excluding tert-OH is 2. The molecule has 1 aromatic rings. The molecule has 3 aliphatic rings. The molecule has 3 saturated heterocycles. The number of Topliss-reactive ketones (excluding diaryl/α,β-unsaturated/α-hetero) is 1.